The van der Waals surface area contributed by atoms with Crippen LogP contribution in [-0.4, -0.2) is 44.4 Å². The minimum atomic E-state index is -4.63. The Labute approximate surface area is 149 Å². The molecule has 0 amide bonds. The Hall–Kier alpha value is -2.68. The van der Waals surface area contributed by atoms with Crippen molar-refractivity contribution in [1.29, 1.82) is 5.52 Å². The Balaban J connectivity index is 0.000000646. The standard InChI is InChI=1S/C11H11N5O4S.CH4O3S/c1-14-16-10-7(21(18,19)20)4-5-2-3-6(15-13)9(12)8(5)11(10)17;1-5(2,3)4/h2-4,13,17H,12H2,1H3,(H,18,19,20);1H3,(H,2,3,4)/i/hD. The van der Waals surface area contributed by atoms with Crippen LogP contribution in [0.3, 0.4) is 0 Å². The van der Waals surface area contributed by atoms with Crippen LogP contribution < -0.4 is 5.73 Å². The molecule has 0 fully saturated rings. The van der Waals surface area contributed by atoms with E-state index in [4.69, 9.17) is 11.7 Å². The molecule has 0 aliphatic heterocycles. The fourth-order valence-electron chi connectivity index (χ4n) is 1.94. The van der Waals surface area contributed by atoms with Crippen molar-refractivity contribution in [3.05, 3.63) is 18.2 Å². The Bertz CT molecular complexity index is 1120. The van der Waals surface area contributed by atoms with E-state index < -0.39 is 36.6 Å². The maximum Gasteiger partial charge on any atom is 0.296 e. The van der Waals surface area contributed by atoms with Crippen molar-refractivity contribution in [2.24, 2.45) is 15.3 Å². The second kappa shape index (κ2) is 7.69. The first-order valence-corrected chi connectivity index (χ1v) is 9.73. The lowest BCUT2D eigenvalue weighted by atomic mass is 10.1. The van der Waals surface area contributed by atoms with Crippen LogP contribution in [0.5, 0.6) is 5.75 Å². The summed E-state index contributed by atoms with van der Waals surface area (Å²) in [5.74, 6) is -0.574. The summed E-state index contributed by atoms with van der Waals surface area (Å²) in [4.78, 5) is -0.600. The van der Waals surface area contributed by atoms with E-state index in [2.05, 4.69) is 20.9 Å². The van der Waals surface area contributed by atoms with Crippen molar-refractivity contribution in [1.82, 2.24) is 0 Å². The van der Waals surface area contributed by atoms with Crippen LogP contribution in [0.25, 0.3) is 10.8 Å². The van der Waals surface area contributed by atoms with Gasteiger partial charge < -0.3 is 10.8 Å². The average Bonchev–Trinajstić information content (AvgIpc) is 2.50. The average molecular weight is 406 g/mol. The molecule has 0 unspecified atom stereocenters. The van der Waals surface area contributed by atoms with Gasteiger partial charge in [0.15, 0.2) is 5.75 Å². The van der Waals surface area contributed by atoms with E-state index in [9.17, 15) is 26.5 Å². The van der Waals surface area contributed by atoms with Gasteiger partial charge in [0.1, 0.15) is 16.3 Å². The number of fused-ring (bicyclic) bond motifs is 1. The monoisotopic (exact) mass is 406 g/mol. The number of aromatic hydroxyl groups is 1. The number of hydrogen-bond acceptors (Lipinski definition) is 10. The molecular weight excluding hydrogens is 390 g/mol. The van der Waals surface area contributed by atoms with Gasteiger partial charge in [-0.05, 0) is 17.5 Å². The third-order valence-corrected chi connectivity index (χ3v) is 3.69. The second-order valence-corrected chi connectivity index (χ2v) is 7.63. The van der Waals surface area contributed by atoms with E-state index in [0.717, 1.165) is 6.07 Å². The summed E-state index contributed by atoms with van der Waals surface area (Å²) >= 11 is 0. The lowest BCUT2D eigenvalue weighted by Gasteiger charge is -2.11. The maximum absolute atomic E-state index is 11.4. The topological polar surface area (TPSA) is 216 Å². The van der Waals surface area contributed by atoms with Gasteiger partial charge in [-0.1, -0.05) is 6.07 Å². The minimum absolute atomic E-state index is 0.0135. The molecule has 0 saturated heterocycles. The minimum Gasteiger partial charge on any atom is -0.505 e. The Morgan fingerprint density at radius 2 is 1.81 bits per heavy atom. The van der Waals surface area contributed by atoms with Gasteiger partial charge in [-0.25, -0.2) is 5.52 Å². The molecule has 0 bridgehead atoms. The van der Waals surface area contributed by atoms with Gasteiger partial charge in [0.25, 0.3) is 20.2 Å². The summed E-state index contributed by atoms with van der Waals surface area (Å²) in [6.07, 6.45) is 0.715. The molecule has 2 aromatic carbocycles. The molecule has 142 valence electrons. The summed E-state index contributed by atoms with van der Waals surface area (Å²) in [5, 5.41) is 21.0. The maximum atomic E-state index is 11.4. The molecule has 0 radical (unpaired) electrons. The summed E-state index contributed by atoms with van der Waals surface area (Å²) in [5.41, 5.74) is 8.37. The Kier molecular flexibility index (Phi) is 5.81. The van der Waals surface area contributed by atoms with Crippen molar-refractivity contribution in [2.75, 3.05) is 19.0 Å². The number of nitrogens with zero attached hydrogens (tertiary/aromatic N) is 3. The van der Waals surface area contributed by atoms with Gasteiger partial charge in [0.2, 0.25) is 1.41 Å². The smallest absolute Gasteiger partial charge is 0.296 e. The third-order valence-electron chi connectivity index (χ3n) is 2.82. The molecule has 0 atom stereocenters. The summed E-state index contributed by atoms with van der Waals surface area (Å²) in [6.45, 7) is 0. The summed E-state index contributed by atoms with van der Waals surface area (Å²) in [6, 6.07) is 3.91. The Morgan fingerprint density at radius 1 is 1.23 bits per heavy atom. The molecule has 0 aliphatic rings. The van der Waals surface area contributed by atoms with Crippen LogP contribution in [0.15, 0.2) is 38.4 Å². The van der Waals surface area contributed by atoms with E-state index in [1.165, 1.54) is 19.2 Å². The fourth-order valence-corrected chi connectivity index (χ4v) is 2.59. The number of nitrogen functional groups attached to an aromatic ring is 1. The predicted molar refractivity (Wildman–Crippen MR) is 92.6 cm³/mol. The zero-order valence-corrected chi connectivity index (χ0v) is 15.0. The molecule has 0 heterocycles. The first-order valence-electron chi connectivity index (χ1n) is 6.89. The van der Waals surface area contributed by atoms with E-state index in [1.54, 1.807) is 0 Å². The number of azo groups is 1. The number of rotatable bonds is 3. The molecule has 12 nitrogen and oxygen atoms in total. The van der Waals surface area contributed by atoms with Crippen LogP contribution in [0.1, 0.15) is 0 Å². The van der Waals surface area contributed by atoms with Crippen molar-refractivity contribution < 1.29 is 32.5 Å². The van der Waals surface area contributed by atoms with Crippen molar-refractivity contribution in [3.8, 4) is 5.75 Å². The van der Waals surface area contributed by atoms with Crippen LogP contribution in [-0.2, 0) is 20.2 Å². The van der Waals surface area contributed by atoms with E-state index in [1.807, 2.05) is 0 Å². The molecule has 0 aliphatic carbocycles. The summed E-state index contributed by atoms with van der Waals surface area (Å²) in [7, 11) is -7.03. The number of nitrogens with one attached hydrogen (secondary N) is 1. The van der Waals surface area contributed by atoms with Crippen LogP contribution in [0.2, 0.25) is 1.41 Å². The molecule has 0 aromatic heterocycles. The number of phenolic OH excluding ortho intramolecular Hbond substituents is 1. The first-order chi connectivity index (χ1) is 12.3. The molecule has 0 saturated carbocycles. The van der Waals surface area contributed by atoms with E-state index in [-0.39, 0.29) is 22.1 Å². The molecule has 2 aromatic rings. The molecular formula is C12H15N5O7S2. The van der Waals surface area contributed by atoms with E-state index >= 15 is 0 Å². The zero-order chi connectivity index (χ0) is 21.0. The van der Waals surface area contributed by atoms with Crippen molar-refractivity contribution in [2.45, 2.75) is 4.90 Å². The first kappa shape index (κ1) is 19.6. The van der Waals surface area contributed by atoms with Gasteiger partial charge >= 0.3 is 0 Å². The lowest BCUT2D eigenvalue weighted by Crippen LogP contribution is -2.00. The normalized spacial score (nSPS) is 13.0. The number of hydrogen-bond donors (Lipinski definition) is 5. The lowest BCUT2D eigenvalue weighted by molar-refractivity contribution is 0.472. The number of phenols is 1. The van der Waals surface area contributed by atoms with Crippen LogP contribution in [0, 0.1) is 5.52 Å². The van der Waals surface area contributed by atoms with Gasteiger partial charge in [-0.2, -0.15) is 32.2 Å². The largest absolute Gasteiger partial charge is 0.505 e. The fraction of sp³-hybridized carbons (Fsp3) is 0.167. The quantitative estimate of drug-likeness (QED) is 0.288. The number of benzene rings is 2. The van der Waals surface area contributed by atoms with Gasteiger partial charge in [-0.3, -0.25) is 9.11 Å². The van der Waals surface area contributed by atoms with Crippen LogP contribution >= 0.6 is 0 Å². The van der Waals surface area contributed by atoms with E-state index in [0.29, 0.717) is 6.26 Å². The third kappa shape index (κ3) is 5.16. The van der Waals surface area contributed by atoms with Gasteiger partial charge in [-0.15, -0.1) is 0 Å². The highest BCUT2D eigenvalue weighted by molar-refractivity contribution is 7.86. The van der Waals surface area contributed by atoms with Gasteiger partial charge in [0.05, 0.1) is 17.3 Å². The van der Waals surface area contributed by atoms with Crippen LogP contribution in [0.4, 0.5) is 17.1 Å². The predicted octanol–water partition coefficient (Wildman–Crippen LogP) is 2.25. The highest BCUT2D eigenvalue weighted by Crippen LogP contribution is 2.45. The molecule has 6 N–H and O–H groups in total. The number of anilines is 1. The summed E-state index contributed by atoms with van der Waals surface area (Å²) < 4.78 is 64.7. The molecule has 26 heavy (non-hydrogen) atoms. The van der Waals surface area contributed by atoms with Crippen molar-refractivity contribution in [3.63, 3.8) is 0 Å². The SMILES string of the molecule is CS(=O)(=O)O.[2H]N=Nc1ccc2cc(S(=O)(=O)O)c(N=NC)c(O)c2c1N. The zero-order valence-electron chi connectivity index (χ0n) is 14.4. The second-order valence-electron chi connectivity index (χ2n) is 4.78. The molecule has 14 heteroatoms. The Morgan fingerprint density at radius 3 is 2.27 bits per heavy atom. The van der Waals surface area contributed by atoms with Crippen molar-refractivity contribution >= 4 is 48.1 Å². The number of nitrogens with two attached hydrogens (primary N) is 1. The molecule has 0 spiro atoms. The van der Waals surface area contributed by atoms with Gasteiger partial charge in [0, 0.05) is 7.05 Å². The highest BCUT2D eigenvalue weighted by atomic mass is 32.2. The highest BCUT2D eigenvalue weighted by Gasteiger charge is 2.23. The molecule has 2 rings (SSSR count).